The van der Waals surface area contributed by atoms with E-state index in [9.17, 15) is 4.79 Å². The van der Waals surface area contributed by atoms with Crippen molar-refractivity contribution < 1.29 is 9.53 Å². The Balaban J connectivity index is 2.26. The molecule has 2 aromatic carbocycles. The van der Waals surface area contributed by atoms with Gasteiger partial charge in [-0.05, 0) is 30.4 Å². The highest BCUT2D eigenvalue weighted by molar-refractivity contribution is 5.88. The summed E-state index contributed by atoms with van der Waals surface area (Å²) in [5.41, 5.74) is 7.34. The summed E-state index contributed by atoms with van der Waals surface area (Å²) >= 11 is 0. The summed E-state index contributed by atoms with van der Waals surface area (Å²) in [5.74, 6) is 0.338. The third kappa shape index (κ3) is 4.19. The number of hydrogen-bond acceptors (Lipinski definition) is 2. The first-order chi connectivity index (χ1) is 13.5. The van der Waals surface area contributed by atoms with Crippen molar-refractivity contribution in [2.45, 2.75) is 40.2 Å². The van der Waals surface area contributed by atoms with E-state index in [2.05, 4.69) is 73.9 Å². The first-order valence-corrected chi connectivity index (χ1v) is 9.92. The monoisotopic (exact) mass is 375 g/mol. The van der Waals surface area contributed by atoms with E-state index >= 15 is 0 Å². The normalized spacial score (nSPS) is 11.0. The average molecular weight is 376 g/mol. The topological polar surface area (TPSA) is 31.2 Å². The number of nitrogens with zero attached hydrogens (tertiary/aromatic N) is 1. The van der Waals surface area contributed by atoms with Crippen LogP contribution in [-0.2, 0) is 22.5 Å². The van der Waals surface area contributed by atoms with E-state index in [1.165, 1.54) is 40.8 Å². The van der Waals surface area contributed by atoms with Gasteiger partial charge in [0.15, 0.2) is 0 Å². The number of benzene rings is 2. The second-order valence-corrected chi connectivity index (χ2v) is 7.59. The predicted octanol–water partition coefficient (Wildman–Crippen LogP) is 5.89. The third-order valence-corrected chi connectivity index (χ3v) is 5.10. The van der Waals surface area contributed by atoms with Crippen LogP contribution in [0.5, 0.6) is 0 Å². The van der Waals surface area contributed by atoms with Crippen LogP contribution in [0.2, 0.25) is 0 Å². The second kappa shape index (κ2) is 8.92. The fourth-order valence-corrected chi connectivity index (χ4v) is 3.87. The molecule has 0 bridgehead atoms. The Morgan fingerprint density at radius 3 is 1.96 bits per heavy atom. The maximum atomic E-state index is 11.9. The molecule has 0 aliphatic carbocycles. The van der Waals surface area contributed by atoms with Crippen molar-refractivity contribution in [3.05, 3.63) is 72.1 Å². The Morgan fingerprint density at radius 2 is 1.46 bits per heavy atom. The van der Waals surface area contributed by atoms with Crippen LogP contribution < -0.4 is 0 Å². The molecular weight excluding hydrogens is 346 g/mol. The number of ether oxygens (including phenoxy) is 1. The fraction of sp³-hybridized carbons (Fsp3) is 0.320. The zero-order chi connectivity index (χ0) is 20.1. The lowest BCUT2D eigenvalue weighted by molar-refractivity contribution is -0.140. The summed E-state index contributed by atoms with van der Waals surface area (Å²) in [5, 5.41) is 0. The Labute approximate surface area is 168 Å². The largest absolute Gasteiger partial charge is 0.469 e. The highest BCUT2D eigenvalue weighted by Crippen LogP contribution is 2.40. The van der Waals surface area contributed by atoms with Crippen molar-refractivity contribution in [2.24, 2.45) is 5.92 Å². The van der Waals surface area contributed by atoms with Crippen LogP contribution in [0.15, 0.2) is 60.7 Å². The molecule has 0 radical (unpaired) electrons. The van der Waals surface area contributed by atoms with Crippen molar-refractivity contribution in [1.82, 2.24) is 4.57 Å². The molecule has 0 atom stereocenters. The first kappa shape index (κ1) is 19.9. The molecule has 1 heterocycles. The Morgan fingerprint density at radius 1 is 0.929 bits per heavy atom. The zero-order valence-corrected chi connectivity index (χ0v) is 17.2. The lowest BCUT2D eigenvalue weighted by Gasteiger charge is -2.15. The summed E-state index contributed by atoms with van der Waals surface area (Å²) in [7, 11) is 1.45. The van der Waals surface area contributed by atoms with Gasteiger partial charge in [0, 0.05) is 29.1 Å². The van der Waals surface area contributed by atoms with Gasteiger partial charge < -0.3 is 9.30 Å². The SMILES string of the molecule is COC(=O)CCc1c(-c2ccccc2)c(-c2ccccc2)c(C)n1CC(C)C. The number of esters is 1. The van der Waals surface area contributed by atoms with Gasteiger partial charge in [-0.1, -0.05) is 74.5 Å². The van der Waals surface area contributed by atoms with Crippen LogP contribution in [0.4, 0.5) is 0 Å². The van der Waals surface area contributed by atoms with Crippen molar-refractivity contribution in [3.63, 3.8) is 0 Å². The van der Waals surface area contributed by atoms with E-state index < -0.39 is 0 Å². The molecule has 0 saturated heterocycles. The number of hydrogen-bond donors (Lipinski definition) is 0. The molecule has 3 rings (SSSR count). The Hall–Kier alpha value is -2.81. The van der Waals surface area contributed by atoms with Crippen LogP contribution in [0, 0.1) is 12.8 Å². The number of methoxy groups -OCH3 is 1. The first-order valence-electron chi connectivity index (χ1n) is 9.92. The molecule has 3 aromatic rings. The standard InChI is InChI=1S/C25H29NO2/c1-18(2)17-26-19(3)24(20-11-7-5-8-12-20)25(21-13-9-6-10-14-21)22(26)15-16-23(27)28-4/h5-14,18H,15-17H2,1-4H3. The van der Waals surface area contributed by atoms with Gasteiger partial charge in [0.2, 0.25) is 0 Å². The summed E-state index contributed by atoms with van der Waals surface area (Å²) in [6.45, 7) is 7.58. The van der Waals surface area contributed by atoms with Crippen LogP contribution in [0.25, 0.3) is 22.3 Å². The summed E-state index contributed by atoms with van der Waals surface area (Å²) in [4.78, 5) is 11.9. The molecule has 0 aliphatic heterocycles. The second-order valence-electron chi connectivity index (χ2n) is 7.59. The van der Waals surface area contributed by atoms with Gasteiger partial charge in [-0.15, -0.1) is 0 Å². The maximum absolute atomic E-state index is 11.9. The molecule has 3 nitrogen and oxygen atoms in total. The van der Waals surface area contributed by atoms with Gasteiger partial charge in [-0.25, -0.2) is 0 Å². The molecule has 0 saturated carbocycles. The fourth-order valence-electron chi connectivity index (χ4n) is 3.87. The van der Waals surface area contributed by atoms with Crippen molar-refractivity contribution >= 4 is 5.97 Å². The number of carbonyl (C=O) groups is 1. The molecule has 0 unspecified atom stereocenters. The van der Waals surface area contributed by atoms with Crippen LogP contribution in [0.1, 0.15) is 31.7 Å². The third-order valence-electron chi connectivity index (χ3n) is 5.10. The minimum Gasteiger partial charge on any atom is -0.469 e. The number of aromatic nitrogens is 1. The van der Waals surface area contributed by atoms with E-state index in [4.69, 9.17) is 4.74 Å². The van der Waals surface area contributed by atoms with Gasteiger partial charge in [0.05, 0.1) is 13.5 Å². The van der Waals surface area contributed by atoms with Gasteiger partial charge in [0.25, 0.3) is 0 Å². The molecule has 0 aliphatic rings. The van der Waals surface area contributed by atoms with Gasteiger partial charge in [0.1, 0.15) is 0 Å². The lowest BCUT2D eigenvalue weighted by Crippen LogP contribution is -2.12. The minimum absolute atomic E-state index is 0.171. The van der Waals surface area contributed by atoms with E-state index in [1.807, 2.05) is 12.1 Å². The highest BCUT2D eigenvalue weighted by atomic mass is 16.5. The molecule has 3 heteroatoms. The molecule has 0 fully saturated rings. The van der Waals surface area contributed by atoms with Gasteiger partial charge in [-0.3, -0.25) is 4.79 Å². The molecular formula is C25H29NO2. The van der Waals surface area contributed by atoms with E-state index in [0.717, 1.165) is 6.54 Å². The van der Waals surface area contributed by atoms with E-state index in [-0.39, 0.29) is 5.97 Å². The van der Waals surface area contributed by atoms with Crippen LogP contribution in [-0.4, -0.2) is 17.6 Å². The van der Waals surface area contributed by atoms with E-state index in [0.29, 0.717) is 18.8 Å². The van der Waals surface area contributed by atoms with Crippen molar-refractivity contribution in [3.8, 4) is 22.3 Å². The molecule has 28 heavy (non-hydrogen) atoms. The molecule has 0 N–H and O–H groups in total. The molecule has 0 spiro atoms. The predicted molar refractivity (Wildman–Crippen MR) is 115 cm³/mol. The lowest BCUT2D eigenvalue weighted by atomic mass is 9.94. The summed E-state index contributed by atoms with van der Waals surface area (Å²) in [6.07, 6.45) is 1.05. The maximum Gasteiger partial charge on any atom is 0.305 e. The van der Waals surface area contributed by atoms with Crippen LogP contribution in [0.3, 0.4) is 0 Å². The molecule has 0 amide bonds. The molecule has 1 aromatic heterocycles. The number of rotatable bonds is 7. The van der Waals surface area contributed by atoms with Gasteiger partial charge >= 0.3 is 5.97 Å². The smallest absolute Gasteiger partial charge is 0.305 e. The zero-order valence-electron chi connectivity index (χ0n) is 17.2. The Bertz CT molecular complexity index is 924. The van der Waals surface area contributed by atoms with Gasteiger partial charge in [-0.2, -0.15) is 0 Å². The minimum atomic E-state index is -0.171. The average Bonchev–Trinajstić information content (AvgIpc) is 2.98. The summed E-state index contributed by atoms with van der Waals surface area (Å²) < 4.78 is 7.31. The highest BCUT2D eigenvalue weighted by Gasteiger charge is 2.23. The quantitative estimate of drug-likeness (QED) is 0.482. The number of carbonyl (C=O) groups excluding carboxylic acids is 1. The Kier molecular flexibility index (Phi) is 6.35. The van der Waals surface area contributed by atoms with Crippen LogP contribution >= 0.6 is 0 Å². The van der Waals surface area contributed by atoms with Crippen molar-refractivity contribution in [2.75, 3.05) is 7.11 Å². The van der Waals surface area contributed by atoms with Crippen molar-refractivity contribution in [1.29, 1.82) is 0 Å². The van der Waals surface area contributed by atoms with E-state index in [1.54, 1.807) is 0 Å². The molecule has 146 valence electrons. The summed E-state index contributed by atoms with van der Waals surface area (Å²) in [6, 6.07) is 21.0.